The van der Waals surface area contributed by atoms with Gasteiger partial charge in [-0.25, -0.2) is 4.98 Å². The van der Waals surface area contributed by atoms with Gasteiger partial charge in [0, 0.05) is 17.6 Å². The van der Waals surface area contributed by atoms with E-state index in [0.29, 0.717) is 16.3 Å². The van der Waals surface area contributed by atoms with Gasteiger partial charge in [-0.3, -0.25) is 4.79 Å². The van der Waals surface area contributed by atoms with E-state index in [1.54, 1.807) is 24.3 Å². The van der Waals surface area contributed by atoms with Crippen molar-refractivity contribution >= 4 is 40.2 Å². The van der Waals surface area contributed by atoms with E-state index in [-0.39, 0.29) is 5.78 Å². The first-order chi connectivity index (χ1) is 10.5. The number of aryl methyl sites for hydroxylation is 2. The highest BCUT2D eigenvalue weighted by molar-refractivity contribution is 7.99. The summed E-state index contributed by atoms with van der Waals surface area (Å²) in [6, 6.07) is 13.2. The van der Waals surface area contributed by atoms with Gasteiger partial charge in [-0.05, 0) is 48.9 Å². The van der Waals surface area contributed by atoms with Crippen molar-refractivity contribution in [1.82, 2.24) is 9.55 Å². The summed E-state index contributed by atoms with van der Waals surface area (Å²) < 4.78 is 2.02. The molecule has 0 aliphatic rings. The van der Waals surface area contributed by atoms with Gasteiger partial charge in [0.2, 0.25) is 0 Å². The summed E-state index contributed by atoms with van der Waals surface area (Å²) in [6.45, 7) is 2.05. The highest BCUT2D eigenvalue weighted by Gasteiger charge is 2.12. The normalized spacial score (nSPS) is 11.0. The third-order valence-corrected chi connectivity index (χ3v) is 4.78. The minimum Gasteiger partial charge on any atom is -0.322 e. The lowest BCUT2D eigenvalue weighted by Crippen LogP contribution is -2.03. The zero-order valence-electron chi connectivity index (χ0n) is 12.3. The van der Waals surface area contributed by atoms with E-state index < -0.39 is 0 Å². The molecule has 22 heavy (non-hydrogen) atoms. The van der Waals surface area contributed by atoms with E-state index in [9.17, 15) is 4.79 Å². The van der Waals surface area contributed by atoms with Gasteiger partial charge in [0.15, 0.2) is 10.9 Å². The van der Waals surface area contributed by atoms with Gasteiger partial charge in [0.05, 0.1) is 16.8 Å². The minimum atomic E-state index is 0.0740. The van der Waals surface area contributed by atoms with Crippen LogP contribution in [0, 0.1) is 6.92 Å². The first-order valence-electron chi connectivity index (χ1n) is 6.89. The third-order valence-electron chi connectivity index (χ3n) is 3.49. The molecule has 0 aliphatic carbocycles. The molecule has 0 amide bonds. The van der Waals surface area contributed by atoms with Crippen LogP contribution in [0.4, 0.5) is 0 Å². The van der Waals surface area contributed by atoms with Crippen LogP contribution in [-0.4, -0.2) is 21.1 Å². The summed E-state index contributed by atoms with van der Waals surface area (Å²) in [4.78, 5) is 16.8. The molecule has 0 radical (unpaired) electrons. The quantitative estimate of drug-likeness (QED) is 0.521. The molecule has 1 heterocycles. The fraction of sp³-hybridized carbons (Fsp3) is 0.176. The number of rotatable bonds is 4. The molecule has 112 valence electrons. The van der Waals surface area contributed by atoms with Crippen molar-refractivity contribution in [2.24, 2.45) is 7.05 Å². The van der Waals surface area contributed by atoms with Crippen molar-refractivity contribution in [3.8, 4) is 0 Å². The summed E-state index contributed by atoms with van der Waals surface area (Å²) in [5.41, 5.74) is 3.89. The molecule has 0 N–H and O–H groups in total. The second-order valence-electron chi connectivity index (χ2n) is 5.16. The van der Waals surface area contributed by atoms with Gasteiger partial charge in [-0.2, -0.15) is 0 Å². The smallest absolute Gasteiger partial charge is 0.173 e. The van der Waals surface area contributed by atoms with Gasteiger partial charge in [0.1, 0.15) is 0 Å². The maximum Gasteiger partial charge on any atom is 0.173 e. The standard InChI is InChI=1S/C17H15ClN2OS/c1-11-3-8-15-14(9-11)19-17(20(15)2)22-10-16(21)12-4-6-13(18)7-5-12/h3-9H,10H2,1-2H3. The monoisotopic (exact) mass is 330 g/mol. The van der Waals surface area contributed by atoms with E-state index in [2.05, 4.69) is 23.2 Å². The van der Waals surface area contributed by atoms with Gasteiger partial charge >= 0.3 is 0 Å². The summed E-state index contributed by atoms with van der Waals surface area (Å²) in [7, 11) is 1.97. The Morgan fingerprint density at radius 2 is 1.95 bits per heavy atom. The molecule has 0 fully saturated rings. The molecule has 0 bridgehead atoms. The Hall–Kier alpha value is -1.78. The number of thioether (sulfide) groups is 1. The van der Waals surface area contributed by atoms with E-state index in [0.717, 1.165) is 16.2 Å². The maximum absolute atomic E-state index is 12.2. The second kappa shape index (κ2) is 6.15. The van der Waals surface area contributed by atoms with Crippen molar-refractivity contribution < 1.29 is 4.79 Å². The van der Waals surface area contributed by atoms with Gasteiger partial charge in [0.25, 0.3) is 0 Å². The van der Waals surface area contributed by atoms with Crippen molar-refractivity contribution in [3.63, 3.8) is 0 Å². The van der Waals surface area contributed by atoms with Crippen molar-refractivity contribution in [1.29, 1.82) is 0 Å². The predicted molar refractivity (Wildman–Crippen MR) is 92.0 cm³/mol. The number of hydrogen-bond donors (Lipinski definition) is 0. The zero-order chi connectivity index (χ0) is 15.7. The van der Waals surface area contributed by atoms with Crippen LogP contribution >= 0.6 is 23.4 Å². The summed E-state index contributed by atoms with van der Waals surface area (Å²) >= 11 is 7.29. The number of fused-ring (bicyclic) bond motifs is 1. The van der Waals surface area contributed by atoms with E-state index in [1.165, 1.54) is 17.3 Å². The third kappa shape index (κ3) is 3.03. The van der Waals surface area contributed by atoms with E-state index in [4.69, 9.17) is 11.6 Å². The molecule has 0 atom stereocenters. The summed E-state index contributed by atoms with van der Waals surface area (Å²) in [5.74, 6) is 0.433. The van der Waals surface area contributed by atoms with Crippen molar-refractivity contribution in [3.05, 3.63) is 58.6 Å². The first-order valence-corrected chi connectivity index (χ1v) is 8.25. The maximum atomic E-state index is 12.2. The molecule has 5 heteroatoms. The Balaban J connectivity index is 1.77. The van der Waals surface area contributed by atoms with Crippen molar-refractivity contribution in [2.45, 2.75) is 12.1 Å². The number of carbonyl (C=O) groups is 1. The van der Waals surface area contributed by atoms with Crippen LogP contribution in [0.15, 0.2) is 47.6 Å². The van der Waals surface area contributed by atoms with Gasteiger partial charge < -0.3 is 4.57 Å². The molecule has 0 aliphatic heterocycles. The van der Waals surface area contributed by atoms with Gasteiger partial charge in [-0.15, -0.1) is 0 Å². The minimum absolute atomic E-state index is 0.0740. The van der Waals surface area contributed by atoms with Crippen LogP contribution in [0.2, 0.25) is 5.02 Å². The summed E-state index contributed by atoms with van der Waals surface area (Å²) in [5, 5.41) is 1.48. The number of ketones is 1. The SMILES string of the molecule is Cc1ccc2c(c1)nc(SCC(=O)c1ccc(Cl)cc1)n2C. The Kier molecular flexibility index (Phi) is 4.23. The highest BCUT2D eigenvalue weighted by Crippen LogP contribution is 2.24. The van der Waals surface area contributed by atoms with Crippen LogP contribution < -0.4 is 0 Å². The van der Waals surface area contributed by atoms with Crippen LogP contribution in [-0.2, 0) is 7.05 Å². The summed E-state index contributed by atoms with van der Waals surface area (Å²) in [6.07, 6.45) is 0. The van der Waals surface area contributed by atoms with Crippen LogP contribution in [0.25, 0.3) is 11.0 Å². The van der Waals surface area contributed by atoms with Crippen LogP contribution in [0.3, 0.4) is 0 Å². The average Bonchev–Trinajstić information content (AvgIpc) is 2.81. The Morgan fingerprint density at radius 1 is 1.23 bits per heavy atom. The van der Waals surface area contributed by atoms with Crippen molar-refractivity contribution in [2.75, 3.05) is 5.75 Å². The predicted octanol–water partition coefficient (Wildman–Crippen LogP) is 4.51. The fourth-order valence-electron chi connectivity index (χ4n) is 2.27. The highest BCUT2D eigenvalue weighted by atomic mass is 35.5. The Labute approximate surface area is 138 Å². The van der Waals surface area contributed by atoms with Gasteiger partial charge in [-0.1, -0.05) is 29.4 Å². The number of hydrogen-bond acceptors (Lipinski definition) is 3. The first kappa shape index (κ1) is 15.1. The number of benzene rings is 2. The second-order valence-corrected chi connectivity index (χ2v) is 6.54. The lowest BCUT2D eigenvalue weighted by Gasteiger charge is -2.02. The molecule has 3 rings (SSSR count). The van der Waals surface area contributed by atoms with Crippen LogP contribution in [0.1, 0.15) is 15.9 Å². The Bertz CT molecular complexity index is 840. The molecule has 3 aromatic rings. The number of Topliss-reactive ketones (excluding diaryl/α,β-unsaturated/α-hetero) is 1. The largest absolute Gasteiger partial charge is 0.322 e. The molecule has 0 saturated carbocycles. The zero-order valence-corrected chi connectivity index (χ0v) is 13.9. The molecular weight excluding hydrogens is 316 g/mol. The average molecular weight is 331 g/mol. The molecular formula is C17H15ClN2OS. The van der Waals surface area contributed by atoms with Crippen LogP contribution in [0.5, 0.6) is 0 Å². The molecule has 1 aromatic heterocycles. The topological polar surface area (TPSA) is 34.9 Å². The number of aromatic nitrogens is 2. The van der Waals surface area contributed by atoms with E-state index in [1.807, 2.05) is 18.5 Å². The Morgan fingerprint density at radius 3 is 2.68 bits per heavy atom. The molecule has 0 saturated heterocycles. The lowest BCUT2D eigenvalue weighted by atomic mass is 10.1. The molecule has 0 unspecified atom stereocenters. The molecule has 2 aromatic carbocycles. The molecule has 0 spiro atoms. The number of imidazole rings is 1. The number of halogens is 1. The number of carbonyl (C=O) groups excluding carboxylic acids is 1. The number of nitrogens with zero attached hydrogens (tertiary/aromatic N) is 2. The van der Waals surface area contributed by atoms with E-state index >= 15 is 0 Å². The fourth-order valence-corrected chi connectivity index (χ4v) is 3.27. The molecule has 3 nitrogen and oxygen atoms in total. The lowest BCUT2D eigenvalue weighted by molar-refractivity contribution is 0.102.